The summed E-state index contributed by atoms with van der Waals surface area (Å²) in [6, 6.07) is 0.446. The smallest absolute Gasteiger partial charge is 0.0197 e. The van der Waals surface area contributed by atoms with Crippen LogP contribution in [0.4, 0.5) is 0 Å². The minimum absolute atomic E-state index is 0. The third kappa shape index (κ3) is 2.77. The van der Waals surface area contributed by atoms with E-state index in [9.17, 15) is 0 Å². The normalized spacial score (nSPS) is 34.8. The minimum Gasteiger partial charge on any atom is -0.326 e. The molecule has 1 saturated carbocycles. The Balaban J connectivity index is 0.000000605. The summed E-state index contributed by atoms with van der Waals surface area (Å²) in [5.41, 5.74) is 5.96. The number of nitrogens with two attached hydrogens (primary N) is 1. The lowest BCUT2D eigenvalue weighted by Gasteiger charge is -2.29. The van der Waals surface area contributed by atoms with Crippen molar-refractivity contribution in [2.24, 2.45) is 17.6 Å². The van der Waals surface area contributed by atoms with Crippen LogP contribution in [0.2, 0.25) is 0 Å². The lowest BCUT2D eigenvalue weighted by atomic mass is 9.89. The van der Waals surface area contributed by atoms with E-state index in [1.165, 1.54) is 25.8 Å². The van der Waals surface area contributed by atoms with Crippen LogP contribution in [-0.4, -0.2) is 19.1 Å². The van der Waals surface area contributed by atoms with E-state index in [2.05, 4.69) is 5.32 Å². The third-order valence-corrected chi connectivity index (χ3v) is 2.81. The van der Waals surface area contributed by atoms with Crippen LogP contribution in [-0.2, 0) is 0 Å². The van der Waals surface area contributed by atoms with Crippen molar-refractivity contribution in [3.8, 4) is 0 Å². The molecule has 0 aromatic heterocycles. The van der Waals surface area contributed by atoms with Crippen LogP contribution in [0, 0.1) is 11.8 Å². The second-order valence-corrected chi connectivity index (χ2v) is 3.66. The van der Waals surface area contributed by atoms with Crippen LogP contribution in [0.15, 0.2) is 0 Å². The van der Waals surface area contributed by atoms with E-state index >= 15 is 0 Å². The first-order valence-electron chi connectivity index (χ1n) is 4.34. The molecule has 4 heteroatoms. The lowest BCUT2D eigenvalue weighted by Crippen LogP contribution is -2.46. The van der Waals surface area contributed by atoms with Crippen molar-refractivity contribution in [3.63, 3.8) is 0 Å². The second-order valence-electron chi connectivity index (χ2n) is 3.66. The molecule has 1 heterocycles. The molecule has 1 aliphatic carbocycles. The monoisotopic (exact) mass is 212 g/mol. The number of nitrogens with one attached hydrogen (secondary N) is 1. The Labute approximate surface area is 86.5 Å². The standard InChI is InChI=1S/C8H16N2.2ClH/c9-8-5-10-4-3-7(8)6-1-2-6;;/h6-8,10H,1-5,9H2;2*1H/t7-,8+;;/m0../s1. The second kappa shape index (κ2) is 5.28. The van der Waals surface area contributed by atoms with Gasteiger partial charge in [-0.25, -0.2) is 0 Å². The molecule has 2 nitrogen and oxygen atoms in total. The molecule has 0 amide bonds. The average molecular weight is 213 g/mol. The highest BCUT2D eigenvalue weighted by Crippen LogP contribution is 2.40. The van der Waals surface area contributed by atoms with Gasteiger partial charge in [0.1, 0.15) is 0 Å². The topological polar surface area (TPSA) is 38.0 Å². The largest absolute Gasteiger partial charge is 0.326 e. The Morgan fingerprint density at radius 2 is 1.75 bits per heavy atom. The van der Waals surface area contributed by atoms with E-state index in [0.29, 0.717) is 6.04 Å². The zero-order valence-electron chi connectivity index (χ0n) is 7.16. The van der Waals surface area contributed by atoms with Crippen LogP contribution in [0.25, 0.3) is 0 Å². The molecule has 0 aromatic carbocycles. The van der Waals surface area contributed by atoms with E-state index in [-0.39, 0.29) is 24.8 Å². The van der Waals surface area contributed by atoms with Gasteiger partial charge in [-0.3, -0.25) is 0 Å². The highest BCUT2D eigenvalue weighted by atomic mass is 35.5. The number of hydrogen-bond donors (Lipinski definition) is 2. The molecule has 2 aliphatic rings. The average Bonchev–Trinajstić information content (AvgIpc) is 2.71. The van der Waals surface area contributed by atoms with Gasteiger partial charge in [-0.15, -0.1) is 24.8 Å². The molecule has 2 fully saturated rings. The summed E-state index contributed by atoms with van der Waals surface area (Å²) < 4.78 is 0. The van der Waals surface area contributed by atoms with Crippen molar-refractivity contribution < 1.29 is 0 Å². The minimum atomic E-state index is 0. The summed E-state index contributed by atoms with van der Waals surface area (Å²) in [5.74, 6) is 1.85. The van der Waals surface area contributed by atoms with E-state index in [4.69, 9.17) is 5.73 Å². The van der Waals surface area contributed by atoms with Crippen molar-refractivity contribution in [2.75, 3.05) is 13.1 Å². The highest BCUT2D eigenvalue weighted by Gasteiger charge is 2.35. The summed E-state index contributed by atoms with van der Waals surface area (Å²) in [4.78, 5) is 0. The first kappa shape index (κ1) is 12.5. The number of halogens is 2. The third-order valence-electron chi connectivity index (χ3n) is 2.81. The molecule has 2 atom stereocenters. The molecule has 1 saturated heterocycles. The lowest BCUT2D eigenvalue weighted by molar-refractivity contribution is 0.292. The molecular formula is C8H18Cl2N2. The molecule has 0 bridgehead atoms. The van der Waals surface area contributed by atoms with E-state index in [1.807, 2.05) is 0 Å². The van der Waals surface area contributed by atoms with Gasteiger partial charge in [-0.1, -0.05) is 0 Å². The van der Waals surface area contributed by atoms with E-state index in [0.717, 1.165) is 18.4 Å². The van der Waals surface area contributed by atoms with Gasteiger partial charge in [0.2, 0.25) is 0 Å². The van der Waals surface area contributed by atoms with E-state index in [1.54, 1.807) is 0 Å². The molecule has 0 unspecified atom stereocenters. The van der Waals surface area contributed by atoms with Gasteiger partial charge in [-0.2, -0.15) is 0 Å². The Hall–Kier alpha value is 0.500. The van der Waals surface area contributed by atoms with Gasteiger partial charge < -0.3 is 11.1 Å². The Kier molecular flexibility index (Phi) is 5.50. The maximum Gasteiger partial charge on any atom is 0.0197 e. The van der Waals surface area contributed by atoms with Gasteiger partial charge in [0, 0.05) is 12.6 Å². The summed E-state index contributed by atoms with van der Waals surface area (Å²) in [6.07, 6.45) is 4.20. The van der Waals surface area contributed by atoms with Gasteiger partial charge in [0.05, 0.1) is 0 Å². The van der Waals surface area contributed by atoms with Crippen molar-refractivity contribution >= 4 is 24.8 Å². The molecule has 0 radical (unpaired) electrons. The van der Waals surface area contributed by atoms with Crippen molar-refractivity contribution in [1.82, 2.24) is 5.32 Å². The maximum absolute atomic E-state index is 5.96. The summed E-state index contributed by atoms with van der Waals surface area (Å²) in [7, 11) is 0. The zero-order chi connectivity index (χ0) is 6.97. The summed E-state index contributed by atoms with van der Waals surface area (Å²) >= 11 is 0. The van der Waals surface area contributed by atoms with Gasteiger partial charge in [0.15, 0.2) is 0 Å². The molecule has 0 spiro atoms. The molecule has 2 rings (SSSR count). The zero-order valence-corrected chi connectivity index (χ0v) is 8.79. The molecule has 1 aliphatic heterocycles. The fraction of sp³-hybridized carbons (Fsp3) is 1.00. The van der Waals surface area contributed by atoms with Crippen LogP contribution >= 0.6 is 24.8 Å². The van der Waals surface area contributed by atoms with E-state index < -0.39 is 0 Å². The fourth-order valence-electron chi connectivity index (χ4n) is 2.01. The van der Waals surface area contributed by atoms with Crippen LogP contribution in [0.1, 0.15) is 19.3 Å². The summed E-state index contributed by atoms with van der Waals surface area (Å²) in [5, 5.41) is 3.32. The Morgan fingerprint density at radius 1 is 1.08 bits per heavy atom. The molecule has 3 N–H and O–H groups in total. The number of piperidine rings is 1. The molecule has 12 heavy (non-hydrogen) atoms. The molecule has 74 valence electrons. The van der Waals surface area contributed by atoms with Crippen molar-refractivity contribution in [2.45, 2.75) is 25.3 Å². The van der Waals surface area contributed by atoms with Crippen molar-refractivity contribution in [1.29, 1.82) is 0 Å². The van der Waals surface area contributed by atoms with Gasteiger partial charge in [0.25, 0.3) is 0 Å². The highest BCUT2D eigenvalue weighted by molar-refractivity contribution is 5.85. The molecule has 0 aromatic rings. The van der Waals surface area contributed by atoms with Gasteiger partial charge in [-0.05, 0) is 37.6 Å². The van der Waals surface area contributed by atoms with Crippen LogP contribution in [0.3, 0.4) is 0 Å². The predicted octanol–water partition coefficient (Wildman–Crippen LogP) is 1.18. The molecular weight excluding hydrogens is 195 g/mol. The quantitative estimate of drug-likeness (QED) is 0.686. The predicted molar refractivity (Wildman–Crippen MR) is 56.2 cm³/mol. The fourth-order valence-corrected chi connectivity index (χ4v) is 2.01. The number of hydrogen-bond acceptors (Lipinski definition) is 2. The SMILES string of the molecule is Cl.Cl.N[C@@H]1CNCC[C@H]1C1CC1. The first-order chi connectivity index (χ1) is 4.88. The van der Waals surface area contributed by atoms with Gasteiger partial charge >= 0.3 is 0 Å². The number of rotatable bonds is 1. The first-order valence-corrected chi connectivity index (χ1v) is 4.34. The summed E-state index contributed by atoms with van der Waals surface area (Å²) in [6.45, 7) is 2.23. The maximum atomic E-state index is 5.96. The van der Waals surface area contributed by atoms with Crippen LogP contribution < -0.4 is 11.1 Å². The Bertz CT molecular complexity index is 128. The Morgan fingerprint density at radius 3 is 2.25 bits per heavy atom. The van der Waals surface area contributed by atoms with Crippen LogP contribution in [0.5, 0.6) is 0 Å². The van der Waals surface area contributed by atoms with Crippen molar-refractivity contribution in [3.05, 3.63) is 0 Å².